The van der Waals surface area contributed by atoms with E-state index in [4.69, 9.17) is 17.2 Å². The summed E-state index contributed by atoms with van der Waals surface area (Å²) in [5.74, 6) is -15.9. The van der Waals surface area contributed by atoms with E-state index in [0.717, 1.165) is 0 Å². The summed E-state index contributed by atoms with van der Waals surface area (Å²) < 4.78 is 0. The van der Waals surface area contributed by atoms with Gasteiger partial charge in [0.1, 0.15) is 78.3 Å². The Morgan fingerprint density at radius 3 is 1.39 bits per heavy atom. The lowest BCUT2D eigenvalue weighted by Crippen LogP contribution is -2.62. The van der Waals surface area contributed by atoms with Crippen molar-refractivity contribution in [3.8, 4) is 5.75 Å². The average Bonchev–Trinajstić information content (AvgIpc) is 1.70. The van der Waals surface area contributed by atoms with Crippen LogP contribution in [0.3, 0.4) is 0 Å². The lowest BCUT2D eigenvalue weighted by Gasteiger charge is -2.30. The first-order valence-electron chi connectivity index (χ1n) is 40.1. The Morgan fingerprint density at radius 1 is 0.434 bits per heavy atom. The first-order chi connectivity index (χ1) is 57.9. The largest absolute Gasteiger partial charge is 0.508 e. The Labute approximate surface area is 717 Å². The summed E-state index contributed by atoms with van der Waals surface area (Å²) in [4.78, 5) is 228. The number of aromatic nitrogens is 2. The minimum absolute atomic E-state index is 0.0278. The molecule has 0 aliphatic rings. The standard InChI is InChI=1S/C83H115N19O18S2/c1-45(2)70(102-78(116)62(37-51-41-89-56-23-14-12-21-54(51)56)99-77(115)63(38-69(107)108)95-72(110)46(3)91-80(118)65(43-121)92-47(4)103)82(120)101-66(44-122)81(119)97-60(35-49-26-28-52(104)29-27-49)75(113)98-61(36-50-40-88-55-22-13-11-20-53(50)55)76(114)94-58(25-17-32-85)74(112)100-64(39-83(5,6)7)79(117)96-59(34-48-18-9-8-10-19-48)73(111)90-42-68(106)87-33-30-67(105)93-57(71(86)109)24-15-16-31-84/h8-14,18-23,26-29,40-41,45-46,57-66,70,88-89,104,121-122H,15-17,24-25,30-39,42-44,84-85H2,1-7H3,(H2,86,109)(H,87,106)(H,90,111)(H,91,118)(H,92,103)(H,93,105)(H,94,114)(H,95,110)(H,96,117)(H,97,119)(H,98,113)(H,99,115)(H,100,112)(H,101,120)(H,102,116)(H,107,108)/t46-,57+,58-,59-,60-,61-,62-,63-,64-,65-,66-,70-/m0/s1. The lowest BCUT2D eigenvalue weighted by molar-refractivity contribution is -0.141. The number of aromatic hydroxyl groups is 1. The molecule has 0 radical (unpaired) electrons. The van der Waals surface area contributed by atoms with E-state index in [1.54, 1.807) is 126 Å². The molecule has 15 amide bonds. The summed E-state index contributed by atoms with van der Waals surface area (Å²) in [6, 6.07) is 10.9. The highest BCUT2D eigenvalue weighted by Gasteiger charge is 2.39. The van der Waals surface area contributed by atoms with Gasteiger partial charge >= 0.3 is 5.97 Å². The second-order valence-electron chi connectivity index (χ2n) is 31.2. The summed E-state index contributed by atoms with van der Waals surface area (Å²) in [7, 11) is 0. The van der Waals surface area contributed by atoms with Crippen molar-refractivity contribution in [1.82, 2.24) is 84.4 Å². The van der Waals surface area contributed by atoms with Gasteiger partial charge in [-0.1, -0.05) is 113 Å². The van der Waals surface area contributed by atoms with E-state index in [-0.39, 0.29) is 82.4 Å². The topological polar surface area (TPSA) is 592 Å². The molecule has 24 N–H and O–H groups in total. The van der Waals surface area contributed by atoms with Crippen molar-refractivity contribution >= 4 is 142 Å². The van der Waals surface area contributed by atoms with Crippen LogP contribution in [0.1, 0.15) is 122 Å². The number of rotatable bonds is 50. The number of carbonyl (C=O) groups is 16. The van der Waals surface area contributed by atoms with Crippen LogP contribution < -0.4 is 91.6 Å². The number of thiol groups is 2. The van der Waals surface area contributed by atoms with Crippen LogP contribution in [0.25, 0.3) is 21.8 Å². The molecule has 2 heterocycles. The summed E-state index contributed by atoms with van der Waals surface area (Å²) >= 11 is 8.51. The van der Waals surface area contributed by atoms with Crippen LogP contribution >= 0.6 is 25.3 Å². The number of phenols is 1. The Morgan fingerprint density at radius 2 is 0.869 bits per heavy atom. The number of nitrogens with one attached hydrogen (secondary N) is 16. The van der Waals surface area contributed by atoms with Gasteiger partial charge in [-0.3, -0.25) is 76.7 Å². The average molecular weight is 1730 g/mol. The molecule has 0 fully saturated rings. The monoisotopic (exact) mass is 1730 g/mol. The van der Waals surface area contributed by atoms with Crippen LogP contribution in [0.2, 0.25) is 0 Å². The number of unbranched alkanes of at least 4 members (excludes halogenated alkanes) is 1. The number of amides is 15. The number of aliphatic carboxylic acids is 1. The zero-order valence-electron chi connectivity index (χ0n) is 69.3. The predicted octanol–water partition coefficient (Wildman–Crippen LogP) is -1.12. The van der Waals surface area contributed by atoms with Crippen molar-refractivity contribution in [1.29, 1.82) is 0 Å². The van der Waals surface area contributed by atoms with Crippen LogP contribution in [-0.2, 0) is 102 Å². The number of carbonyl (C=O) groups excluding carboxylic acids is 15. The number of para-hydroxylation sites is 2. The van der Waals surface area contributed by atoms with Gasteiger partial charge in [0, 0.05) is 91.3 Å². The number of hydrogen-bond donors (Lipinski definition) is 23. The van der Waals surface area contributed by atoms with Crippen molar-refractivity contribution in [3.63, 3.8) is 0 Å². The molecule has 6 rings (SSSR count). The van der Waals surface area contributed by atoms with Crippen LogP contribution in [0.15, 0.2) is 116 Å². The van der Waals surface area contributed by atoms with Crippen molar-refractivity contribution in [2.24, 2.45) is 28.5 Å². The van der Waals surface area contributed by atoms with Crippen LogP contribution in [-0.4, -0.2) is 225 Å². The highest BCUT2D eigenvalue weighted by molar-refractivity contribution is 7.80. The maximum Gasteiger partial charge on any atom is 0.305 e. The number of fused-ring (bicyclic) bond motifs is 2. The van der Waals surface area contributed by atoms with Crippen molar-refractivity contribution < 1.29 is 86.9 Å². The van der Waals surface area contributed by atoms with Gasteiger partial charge in [0.2, 0.25) is 88.6 Å². The minimum Gasteiger partial charge on any atom is -0.508 e. The van der Waals surface area contributed by atoms with Crippen molar-refractivity contribution in [2.75, 3.05) is 37.7 Å². The third kappa shape index (κ3) is 32.5. The molecule has 0 saturated carbocycles. The first kappa shape index (κ1) is 98.7. The molecule has 0 saturated heterocycles. The molecule has 122 heavy (non-hydrogen) atoms. The summed E-state index contributed by atoms with van der Waals surface area (Å²) in [6.07, 6.45) is 2.48. The number of primary amides is 1. The summed E-state index contributed by atoms with van der Waals surface area (Å²) in [6.45, 7) is 10.6. The van der Waals surface area contributed by atoms with E-state index in [2.05, 4.69) is 110 Å². The molecule has 37 nitrogen and oxygen atoms in total. The summed E-state index contributed by atoms with van der Waals surface area (Å²) in [5.41, 5.74) is 19.7. The van der Waals surface area contributed by atoms with E-state index >= 15 is 9.59 Å². The second-order valence-corrected chi connectivity index (χ2v) is 31.9. The van der Waals surface area contributed by atoms with Crippen molar-refractivity contribution in [2.45, 2.75) is 198 Å². The van der Waals surface area contributed by atoms with E-state index in [9.17, 15) is 77.3 Å². The normalized spacial score (nSPS) is 14.3. The SMILES string of the molecule is CC(=O)N[C@@H](CS)C(=O)N[C@@H](C)C(=O)N[C@@H](CC(=O)O)C(=O)N[C@@H](Cc1c[nH]c2ccccc12)C(=O)N[C@H](C(=O)N[C@@H](CS)C(=O)N[C@@H](Cc1ccc(O)cc1)C(=O)N[C@@H](Cc1c[nH]c2ccccc12)C(=O)N[C@@H](CCCN)C(=O)N[C@@H](CC(C)(C)C)C(=O)N[C@@H](Cc1ccccc1)C(=O)NCC(=O)NCCC(=O)N[C@H](CCCCN)C(N)=O)C(C)C. The summed E-state index contributed by atoms with van der Waals surface area (Å²) in [5, 5.41) is 57.9. The van der Waals surface area contributed by atoms with Crippen LogP contribution in [0.5, 0.6) is 5.75 Å². The lowest BCUT2D eigenvalue weighted by atomic mass is 9.87. The van der Waals surface area contributed by atoms with Crippen LogP contribution in [0, 0.1) is 11.3 Å². The Kier molecular flexibility index (Phi) is 39.6. The van der Waals surface area contributed by atoms with Gasteiger partial charge < -0.3 is 112 Å². The quantitative estimate of drug-likeness (QED) is 0.0159. The van der Waals surface area contributed by atoms with Gasteiger partial charge in [0.25, 0.3) is 0 Å². The van der Waals surface area contributed by atoms with Gasteiger partial charge in [-0.25, -0.2) is 0 Å². The number of hydrogen-bond acceptors (Lipinski definition) is 21. The Bertz CT molecular complexity index is 4620. The number of aromatic amines is 2. The Hall–Kier alpha value is -12.1. The second kappa shape index (κ2) is 49.0. The molecule has 12 atom stereocenters. The number of nitrogens with two attached hydrogens (primary N) is 3. The predicted molar refractivity (Wildman–Crippen MR) is 460 cm³/mol. The molecule has 0 aliphatic carbocycles. The fourth-order valence-electron chi connectivity index (χ4n) is 13.1. The van der Waals surface area contributed by atoms with Gasteiger partial charge in [0.05, 0.1) is 13.0 Å². The van der Waals surface area contributed by atoms with Gasteiger partial charge in [-0.2, -0.15) is 25.3 Å². The Balaban J connectivity index is 1.24. The number of carboxylic acid groups (broad SMARTS) is 1. The molecule has 0 bridgehead atoms. The van der Waals surface area contributed by atoms with Crippen molar-refractivity contribution in [3.05, 3.63) is 138 Å². The molecule has 0 aliphatic heterocycles. The molecular formula is C83H115N19O18S2. The third-order valence-electron chi connectivity index (χ3n) is 19.6. The zero-order valence-corrected chi connectivity index (χ0v) is 71.0. The van der Waals surface area contributed by atoms with E-state index in [1.165, 1.54) is 38.1 Å². The fourth-order valence-corrected chi connectivity index (χ4v) is 13.6. The maximum absolute atomic E-state index is 15.3. The maximum atomic E-state index is 15.3. The smallest absolute Gasteiger partial charge is 0.305 e. The molecule has 39 heteroatoms. The number of carboxylic acids is 1. The number of H-pyrrole nitrogens is 2. The number of benzene rings is 4. The van der Waals surface area contributed by atoms with E-state index < -0.39 is 197 Å². The highest BCUT2D eigenvalue weighted by atomic mass is 32.1. The third-order valence-corrected chi connectivity index (χ3v) is 20.3. The van der Waals surface area contributed by atoms with E-state index in [0.29, 0.717) is 63.4 Å². The highest BCUT2D eigenvalue weighted by Crippen LogP contribution is 2.25. The molecule has 0 unspecified atom stereocenters. The van der Waals surface area contributed by atoms with E-state index in [1.807, 2.05) is 0 Å². The zero-order chi connectivity index (χ0) is 89.9. The van der Waals surface area contributed by atoms with Crippen LogP contribution in [0.4, 0.5) is 0 Å². The molecule has 4 aromatic carbocycles. The van der Waals surface area contributed by atoms with Gasteiger partial charge in [-0.15, -0.1) is 0 Å². The minimum atomic E-state index is -1.86. The molecule has 2 aromatic heterocycles. The number of phenolic OH excluding ortho intramolecular Hbond substituents is 1. The molecule has 0 spiro atoms. The van der Waals surface area contributed by atoms with Gasteiger partial charge in [-0.05, 0) is 116 Å². The fraction of sp³-hybridized carbons (Fsp3) is 0.470. The van der Waals surface area contributed by atoms with Gasteiger partial charge in [0.15, 0.2) is 0 Å². The molecule has 6 aromatic rings. The molecular weight excluding hydrogens is 1620 g/mol. The molecule has 662 valence electrons. The first-order valence-corrected chi connectivity index (χ1v) is 41.4.